The second-order valence-electron chi connectivity index (χ2n) is 7.57. The van der Waals surface area contributed by atoms with Gasteiger partial charge in [0.15, 0.2) is 0 Å². The summed E-state index contributed by atoms with van der Waals surface area (Å²) < 4.78 is 57.8. The normalized spacial score (nSPS) is 11.1. The number of urea groups is 1. The number of amides is 2. The predicted octanol–water partition coefficient (Wildman–Crippen LogP) is 6.02. The Hall–Kier alpha value is -4.74. The van der Waals surface area contributed by atoms with Gasteiger partial charge >= 0.3 is 18.2 Å². The molecule has 0 fully saturated rings. The van der Waals surface area contributed by atoms with Crippen molar-refractivity contribution in [3.8, 4) is 22.9 Å². The van der Waals surface area contributed by atoms with Crippen LogP contribution in [0.4, 0.5) is 39.5 Å². The number of pyridine rings is 1. The number of rotatable bonds is 5. The third-order valence-electron chi connectivity index (χ3n) is 4.96. The number of nitrogens with zero attached hydrogens (tertiary/aromatic N) is 3. The maximum atomic E-state index is 13.5. The highest BCUT2D eigenvalue weighted by atomic mass is 19.4. The van der Waals surface area contributed by atoms with Crippen LogP contribution in [0.3, 0.4) is 0 Å². The van der Waals surface area contributed by atoms with E-state index in [1.807, 2.05) is 0 Å². The molecule has 0 spiro atoms. The molecule has 2 aromatic carbocycles. The van der Waals surface area contributed by atoms with E-state index < -0.39 is 23.6 Å². The first-order chi connectivity index (χ1) is 17.1. The number of hydrogen-bond acceptors (Lipinski definition) is 6. The molecule has 0 radical (unpaired) electrons. The smallest absolute Gasteiger partial charge is 0.416 e. The van der Waals surface area contributed by atoms with Crippen LogP contribution < -0.4 is 21.1 Å². The van der Waals surface area contributed by atoms with Crippen molar-refractivity contribution in [1.29, 1.82) is 0 Å². The topological polar surface area (TPSA) is 115 Å². The summed E-state index contributed by atoms with van der Waals surface area (Å²) in [6.45, 7) is 1.57. The van der Waals surface area contributed by atoms with Crippen molar-refractivity contribution in [2.45, 2.75) is 13.1 Å². The summed E-state index contributed by atoms with van der Waals surface area (Å²) in [6.07, 6.45) is -0.959. The summed E-state index contributed by atoms with van der Waals surface area (Å²) in [6, 6.07) is 10.1. The lowest BCUT2D eigenvalue weighted by Crippen LogP contribution is -2.20. The van der Waals surface area contributed by atoms with Gasteiger partial charge in [-0.2, -0.15) is 13.2 Å². The molecule has 0 aliphatic heterocycles. The Kier molecular flexibility index (Phi) is 6.68. The van der Waals surface area contributed by atoms with Gasteiger partial charge in [-0.25, -0.2) is 24.1 Å². The van der Waals surface area contributed by atoms with E-state index in [4.69, 9.17) is 10.5 Å². The molecule has 0 bridgehead atoms. The number of hydrogen-bond donors (Lipinski definition) is 3. The third-order valence-corrected chi connectivity index (χ3v) is 4.96. The number of halogens is 4. The molecule has 4 rings (SSSR count). The van der Waals surface area contributed by atoms with E-state index in [9.17, 15) is 22.4 Å². The maximum Gasteiger partial charge on any atom is 0.416 e. The summed E-state index contributed by atoms with van der Waals surface area (Å²) in [7, 11) is 0. The number of anilines is 3. The van der Waals surface area contributed by atoms with E-state index in [1.165, 1.54) is 24.5 Å². The minimum Gasteiger partial charge on any atom is -0.424 e. The van der Waals surface area contributed by atoms with Crippen molar-refractivity contribution >= 4 is 23.2 Å². The van der Waals surface area contributed by atoms with Crippen LogP contribution in [-0.2, 0) is 6.18 Å². The lowest BCUT2D eigenvalue weighted by molar-refractivity contribution is -0.137. The van der Waals surface area contributed by atoms with Crippen LogP contribution in [-0.4, -0.2) is 21.0 Å². The molecule has 2 heterocycles. The molecule has 2 aromatic heterocycles. The van der Waals surface area contributed by atoms with Crippen molar-refractivity contribution in [2.75, 3.05) is 16.4 Å². The number of carbonyl (C=O) groups excluding carboxylic acids is 1. The number of aryl methyl sites for hydroxylation is 1. The Labute approximate surface area is 202 Å². The molecule has 0 unspecified atom stereocenters. The molecule has 8 nitrogen and oxygen atoms in total. The van der Waals surface area contributed by atoms with Crippen LogP contribution in [0.2, 0.25) is 0 Å². The van der Waals surface area contributed by atoms with Gasteiger partial charge in [0.1, 0.15) is 17.4 Å². The molecule has 4 aromatic rings. The van der Waals surface area contributed by atoms with E-state index in [2.05, 4.69) is 25.6 Å². The minimum absolute atomic E-state index is 0.0161. The van der Waals surface area contributed by atoms with Crippen molar-refractivity contribution in [1.82, 2.24) is 15.0 Å². The van der Waals surface area contributed by atoms with E-state index in [-0.39, 0.29) is 23.2 Å². The highest BCUT2D eigenvalue weighted by Crippen LogP contribution is 2.32. The molecule has 4 N–H and O–H groups in total. The van der Waals surface area contributed by atoms with E-state index in [0.29, 0.717) is 22.4 Å². The van der Waals surface area contributed by atoms with Crippen molar-refractivity contribution < 1.29 is 27.1 Å². The molecule has 0 aliphatic carbocycles. The fourth-order valence-corrected chi connectivity index (χ4v) is 3.14. The van der Waals surface area contributed by atoms with Crippen molar-refractivity contribution in [3.63, 3.8) is 0 Å². The van der Waals surface area contributed by atoms with Gasteiger partial charge in [-0.1, -0.05) is 18.2 Å². The summed E-state index contributed by atoms with van der Waals surface area (Å²) >= 11 is 0. The van der Waals surface area contributed by atoms with Crippen LogP contribution in [0.1, 0.15) is 11.1 Å². The van der Waals surface area contributed by atoms with Crippen LogP contribution >= 0.6 is 0 Å². The van der Waals surface area contributed by atoms with E-state index in [1.54, 1.807) is 31.2 Å². The number of nitrogens with one attached hydrogen (secondary N) is 2. The van der Waals surface area contributed by atoms with Gasteiger partial charge in [0, 0.05) is 11.3 Å². The zero-order valence-corrected chi connectivity index (χ0v) is 18.6. The third kappa shape index (κ3) is 5.84. The average molecular weight is 498 g/mol. The summed E-state index contributed by atoms with van der Waals surface area (Å²) in [5.41, 5.74) is 6.65. The van der Waals surface area contributed by atoms with Gasteiger partial charge in [-0.05, 0) is 48.4 Å². The van der Waals surface area contributed by atoms with Gasteiger partial charge in [0.05, 0.1) is 29.8 Å². The first-order valence-electron chi connectivity index (χ1n) is 10.4. The Bertz CT molecular complexity index is 1390. The fourth-order valence-electron chi connectivity index (χ4n) is 3.14. The lowest BCUT2D eigenvalue weighted by Gasteiger charge is -2.13. The summed E-state index contributed by atoms with van der Waals surface area (Å²) in [5, 5.41) is 4.82. The van der Waals surface area contributed by atoms with Gasteiger partial charge in [-0.3, -0.25) is 0 Å². The molecular formula is C24H18F4N6O2. The second-order valence-corrected chi connectivity index (χ2v) is 7.57. The zero-order chi connectivity index (χ0) is 25.9. The number of nitrogen functional groups attached to an aromatic ring is 1. The molecule has 2 amide bonds. The molecular weight excluding hydrogens is 480 g/mol. The van der Waals surface area contributed by atoms with E-state index >= 15 is 0 Å². The first kappa shape index (κ1) is 24.4. The highest BCUT2D eigenvalue weighted by molar-refractivity contribution is 6.00. The summed E-state index contributed by atoms with van der Waals surface area (Å²) in [5.74, 6) is 0.0594. The predicted molar refractivity (Wildman–Crippen MR) is 125 cm³/mol. The number of alkyl halides is 3. The monoisotopic (exact) mass is 498 g/mol. The maximum absolute atomic E-state index is 13.5. The van der Waals surface area contributed by atoms with Crippen LogP contribution in [0, 0.1) is 12.7 Å². The molecule has 184 valence electrons. The highest BCUT2D eigenvalue weighted by Gasteiger charge is 2.31. The first-order valence-corrected chi connectivity index (χ1v) is 10.4. The fraction of sp³-hybridized carbons (Fsp3) is 0.0833. The van der Waals surface area contributed by atoms with Gasteiger partial charge in [0.2, 0.25) is 0 Å². The molecule has 36 heavy (non-hydrogen) atoms. The molecule has 0 saturated heterocycles. The quantitative estimate of drug-likeness (QED) is 0.290. The Balaban J connectivity index is 1.38. The van der Waals surface area contributed by atoms with Gasteiger partial charge < -0.3 is 21.1 Å². The van der Waals surface area contributed by atoms with Crippen molar-refractivity contribution in [3.05, 3.63) is 84.1 Å². The standard InChI is InChI=1S/C24H18F4N6O2/c1-13-2-5-15(24(26,27)28)8-20(13)34-22(35)33-17-11-31-23(32-12-17)36-18-6-3-14(4-7-18)19-9-16(25)10-30-21(19)29/h2-12H,1H3,(H2,29,30)(H2,33,34,35). The largest absolute Gasteiger partial charge is 0.424 e. The summed E-state index contributed by atoms with van der Waals surface area (Å²) in [4.78, 5) is 24.0. The average Bonchev–Trinajstić information content (AvgIpc) is 2.83. The van der Waals surface area contributed by atoms with Crippen LogP contribution in [0.5, 0.6) is 11.8 Å². The Morgan fingerprint density at radius 2 is 1.64 bits per heavy atom. The number of carbonyl (C=O) groups is 1. The number of nitrogens with two attached hydrogens (primary N) is 1. The van der Waals surface area contributed by atoms with Crippen molar-refractivity contribution in [2.24, 2.45) is 0 Å². The second kappa shape index (κ2) is 9.86. The lowest BCUT2D eigenvalue weighted by atomic mass is 10.1. The molecule has 0 aliphatic rings. The van der Waals surface area contributed by atoms with Crippen LogP contribution in [0.15, 0.2) is 67.1 Å². The Morgan fingerprint density at radius 1 is 0.944 bits per heavy atom. The van der Waals surface area contributed by atoms with Gasteiger partial charge in [0.25, 0.3) is 0 Å². The van der Waals surface area contributed by atoms with Crippen LogP contribution in [0.25, 0.3) is 11.1 Å². The molecule has 0 saturated carbocycles. The number of benzene rings is 2. The van der Waals surface area contributed by atoms with Gasteiger partial charge in [-0.15, -0.1) is 0 Å². The Morgan fingerprint density at radius 3 is 2.31 bits per heavy atom. The minimum atomic E-state index is -4.53. The number of aromatic nitrogens is 3. The molecule has 12 heteroatoms. The molecule has 0 atom stereocenters. The number of ether oxygens (including phenoxy) is 1. The van der Waals surface area contributed by atoms with E-state index in [0.717, 1.165) is 18.3 Å². The zero-order valence-electron chi connectivity index (χ0n) is 18.6. The SMILES string of the molecule is Cc1ccc(C(F)(F)F)cc1NC(=O)Nc1cnc(Oc2ccc(-c3cc(F)cnc3N)cc2)nc1.